The second-order valence-corrected chi connectivity index (χ2v) is 5.33. The number of rotatable bonds is 5. The van der Waals surface area contributed by atoms with Crippen molar-refractivity contribution >= 4 is 17.4 Å². The molecule has 0 aliphatic carbocycles. The number of nitrogens with zero attached hydrogens (tertiary/aromatic N) is 3. The fourth-order valence-corrected chi connectivity index (χ4v) is 2.30. The van der Waals surface area contributed by atoms with Crippen molar-refractivity contribution in [1.82, 2.24) is 15.0 Å². The van der Waals surface area contributed by atoms with Gasteiger partial charge < -0.3 is 5.32 Å². The fraction of sp³-hybridized carbons (Fsp3) is 0.118. The molecule has 0 aliphatic heterocycles. The molecular formula is C17H14ClFN4. The molecule has 0 aliphatic rings. The van der Waals surface area contributed by atoms with Crippen molar-refractivity contribution in [2.24, 2.45) is 0 Å². The van der Waals surface area contributed by atoms with Crippen LogP contribution >= 0.6 is 11.6 Å². The van der Waals surface area contributed by atoms with Crippen LogP contribution in [0.5, 0.6) is 0 Å². The number of anilines is 1. The van der Waals surface area contributed by atoms with Crippen LogP contribution in [0.15, 0.2) is 54.9 Å². The van der Waals surface area contributed by atoms with Crippen LogP contribution in [0.4, 0.5) is 10.2 Å². The normalized spacial score (nSPS) is 10.5. The maximum Gasteiger partial charge on any atom is 0.163 e. The molecule has 116 valence electrons. The van der Waals surface area contributed by atoms with Gasteiger partial charge in [-0.05, 0) is 48.4 Å². The van der Waals surface area contributed by atoms with Crippen LogP contribution in [-0.4, -0.2) is 21.5 Å². The average molecular weight is 329 g/mol. The molecule has 0 atom stereocenters. The van der Waals surface area contributed by atoms with Gasteiger partial charge in [-0.3, -0.25) is 4.98 Å². The first-order valence-electron chi connectivity index (χ1n) is 7.14. The Labute approximate surface area is 138 Å². The molecule has 3 rings (SSSR count). The van der Waals surface area contributed by atoms with Crippen molar-refractivity contribution in [1.29, 1.82) is 0 Å². The van der Waals surface area contributed by atoms with E-state index in [4.69, 9.17) is 11.6 Å². The molecule has 0 amide bonds. The van der Waals surface area contributed by atoms with Gasteiger partial charge in [0.05, 0.1) is 0 Å². The number of nitrogens with one attached hydrogen (secondary N) is 1. The van der Waals surface area contributed by atoms with Gasteiger partial charge in [-0.1, -0.05) is 11.6 Å². The predicted molar refractivity (Wildman–Crippen MR) is 88.9 cm³/mol. The molecule has 0 fully saturated rings. The van der Waals surface area contributed by atoms with Gasteiger partial charge in [-0.25, -0.2) is 14.4 Å². The SMILES string of the molecule is Fc1ccc(-c2nc(Cl)cc(NCCc3ccncc3)n2)cc1. The van der Waals surface area contributed by atoms with Gasteiger partial charge in [0.2, 0.25) is 0 Å². The van der Waals surface area contributed by atoms with Crippen molar-refractivity contribution in [3.8, 4) is 11.4 Å². The third kappa shape index (κ3) is 4.23. The van der Waals surface area contributed by atoms with E-state index in [0.29, 0.717) is 28.9 Å². The molecule has 0 saturated carbocycles. The minimum atomic E-state index is -0.300. The number of pyridine rings is 1. The molecule has 23 heavy (non-hydrogen) atoms. The predicted octanol–water partition coefficient (Wildman–Crippen LogP) is 3.99. The van der Waals surface area contributed by atoms with Gasteiger partial charge >= 0.3 is 0 Å². The molecule has 0 unspecified atom stereocenters. The summed E-state index contributed by atoms with van der Waals surface area (Å²) in [5, 5.41) is 3.56. The van der Waals surface area contributed by atoms with Crippen molar-refractivity contribution < 1.29 is 4.39 Å². The molecular weight excluding hydrogens is 315 g/mol. The van der Waals surface area contributed by atoms with E-state index in [2.05, 4.69) is 20.3 Å². The molecule has 1 N–H and O–H groups in total. The van der Waals surface area contributed by atoms with E-state index >= 15 is 0 Å². The van der Waals surface area contributed by atoms with Crippen LogP contribution in [0.1, 0.15) is 5.56 Å². The van der Waals surface area contributed by atoms with Gasteiger partial charge in [0.15, 0.2) is 5.82 Å². The van der Waals surface area contributed by atoms with E-state index < -0.39 is 0 Å². The Morgan fingerprint density at radius 3 is 2.48 bits per heavy atom. The first-order chi connectivity index (χ1) is 11.2. The number of benzene rings is 1. The lowest BCUT2D eigenvalue weighted by Gasteiger charge is -2.08. The van der Waals surface area contributed by atoms with Crippen LogP contribution in [0.2, 0.25) is 5.15 Å². The number of hydrogen-bond donors (Lipinski definition) is 1. The first-order valence-corrected chi connectivity index (χ1v) is 7.52. The highest BCUT2D eigenvalue weighted by atomic mass is 35.5. The number of aromatic nitrogens is 3. The average Bonchev–Trinajstić information content (AvgIpc) is 2.56. The maximum atomic E-state index is 13.0. The zero-order valence-corrected chi connectivity index (χ0v) is 13.0. The highest BCUT2D eigenvalue weighted by Crippen LogP contribution is 2.20. The Bertz CT molecular complexity index is 778. The molecule has 3 aromatic rings. The van der Waals surface area contributed by atoms with E-state index in [1.165, 1.54) is 17.7 Å². The summed E-state index contributed by atoms with van der Waals surface area (Å²) in [7, 11) is 0. The van der Waals surface area contributed by atoms with E-state index in [1.807, 2.05) is 12.1 Å². The Hall–Kier alpha value is -2.53. The van der Waals surface area contributed by atoms with Crippen LogP contribution < -0.4 is 5.32 Å². The highest BCUT2D eigenvalue weighted by molar-refractivity contribution is 6.29. The van der Waals surface area contributed by atoms with Crippen molar-refractivity contribution in [2.45, 2.75) is 6.42 Å². The molecule has 0 radical (unpaired) electrons. The second-order valence-electron chi connectivity index (χ2n) is 4.94. The molecule has 2 heterocycles. The Kier molecular flexibility index (Phi) is 4.78. The topological polar surface area (TPSA) is 50.7 Å². The lowest BCUT2D eigenvalue weighted by atomic mass is 10.2. The molecule has 0 spiro atoms. The monoisotopic (exact) mass is 328 g/mol. The lowest BCUT2D eigenvalue weighted by Crippen LogP contribution is -2.07. The van der Waals surface area contributed by atoms with Crippen LogP contribution in [0, 0.1) is 5.82 Å². The zero-order valence-electron chi connectivity index (χ0n) is 12.2. The van der Waals surface area contributed by atoms with Crippen LogP contribution in [-0.2, 0) is 6.42 Å². The van der Waals surface area contributed by atoms with Gasteiger partial charge in [0, 0.05) is 30.6 Å². The van der Waals surface area contributed by atoms with Crippen molar-refractivity contribution in [3.63, 3.8) is 0 Å². The van der Waals surface area contributed by atoms with Crippen LogP contribution in [0.25, 0.3) is 11.4 Å². The van der Waals surface area contributed by atoms with E-state index in [0.717, 1.165) is 6.42 Å². The standard InChI is InChI=1S/C17H14ClFN4/c18-15-11-16(21-10-7-12-5-8-20-9-6-12)23-17(22-15)13-1-3-14(19)4-2-13/h1-6,8-9,11H,7,10H2,(H,21,22,23). The summed E-state index contributed by atoms with van der Waals surface area (Å²) in [6.45, 7) is 0.709. The second kappa shape index (κ2) is 7.15. The minimum absolute atomic E-state index is 0.300. The quantitative estimate of drug-likeness (QED) is 0.720. The largest absolute Gasteiger partial charge is 0.370 e. The number of halogens is 2. The van der Waals surface area contributed by atoms with Gasteiger partial charge in [-0.15, -0.1) is 0 Å². The molecule has 0 saturated heterocycles. The molecule has 1 aromatic carbocycles. The summed E-state index contributed by atoms with van der Waals surface area (Å²) in [4.78, 5) is 12.6. The summed E-state index contributed by atoms with van der Waals surface area (Å²) in [5.41, 5.74) is 1.90. The Morgan fingerprint density at radius 1 is 1.00 bits per heavy atom. The fourth-order valence-electron chi connectivity index (χ4n) is 2.12. The summed E-state index contributed by atoms with van der Waals surface area (Å²) < 4.78 is 13.0. The summed E-state index contributed by atoms with van der Waals surface area (Å²) in [6, 6.07) is 11.6. The smallest absolute Gasteiger partial charge is 0.163 e. The minimum Gasteiger partial charge on any atom is -0.370 e. The Balaban J connectivity index is 1.71. The van der Waals surface area contributed by atoms with Crippen molar-refractivity contribution in [2.75, 3.05) is 11.9 Å². The van der Waals surface area contributed by atoms with E-state index in [-0.39, 0.29) is 5.82 Å². The molecule has 0 bridgehead atoms. The van der Waals surface area contributed by atoms with Gasteiger partial charge in [-0.2, -0.15) is 0 Å². The summed E-state index contributed by atoms with van der Waals surface area (Å²) in [5.74, 6) is 0.800. The molecule has 4 nitrogen and oxygen atoms in total. The van der Waals surface area contributed by atoms with Crippen LogP contribution in [0.3, 0.4) is 0 Å². The number of hydrogen-bond acceptors (Lipinski definition) is 4. The highest BCUT2D eigenvalue weighted by Gasteiger charge is 2.06. The maximum absolute atomic E-state index is 13.0. The summed E-state index contributed by atoms with van der Waals surface area (Å²) >= 11 is 6.05. The Morgan fingerprint density at radius 2 is 1.74 bits per heavy atom. The zero-order chi connectivity index (χ0) is 16.1. The van der Waals surface area contributed by atoms with Crippen molar-refractivity contribution in [3.05, 3.63) is 71.4 Å². The third-order valence-electron chi connectivity index (χ3n) is 3.27. The molecule has 6 heteroatoms. The molecule has 2 aromatic heterocycles. The first kappa shape index (κ1) is 15.4. The van der Waals surface area contributed by atoms with E-state index in [9.17, 15) is 4.39 Å². The van der Waals surface area contributed by atoms with Gasteiger partial charge in [0.25, 0.3) is 0 Å². The third-order valence-corrected chi connectivity index (χ3v) is 3.46. The summed E-state index contributed by atoms with van der Waals surface area (Å²) in [6.07, 6.45) is 4.38. The van der Waals surface area contributed by atoms with E-state index in [1.54, 1.807) is 30.6 Å². The van der Waals surface area contributed by atoms with Gasteiger partial charge in [0.1, 0.15) is 16.8 Å². The lowest BCUT2D eigenvalue weighted by molar-refractivity contribution is 0.628.